The van der Waals surface area contributed by atoms with Crippen molar-refractivity contribution in [2.75, 3.05) is 26.3 Å². The van der Waals surface area contributed by atoms with E-state index in [2.05, 4.69) is 0 Å². The first-order valence-electron chi connectivity index (χ1n) is 6.06. The Bertz CT molecular complexity index is 646. The van der Waals surface area contributed by atoms with Gasteiger partial charge in [0.1, 0.15) is 0 Å². The number of hydrogen-bond acceptors (Lipinski definition) is 7. The summed E-state index contributed by atoms with van der Waals surface area (Å²) in [7, 11) is -3.95. The van der Waals surface area contributed by atoms with Crippen LogP contribution in [0.4, 0.5) is 5.69 Å². The van der Waals surface area contributed by atoms with Crippen LogP contribution in [0.3, 0.4) is 0 Å². The lowest BCUT2D eigenvalue weighted by molar-refractivity contribution is -0.386. The molecule has 1 fully saturated rings. The summed E-state index contributed by atoms with van der Waals surface area (Å²) in [6.07, 6.45) is -0.624. The van der Waals surface area contributed by atoms with E-state index < -0.39 is 32.5 Å². The van der Waals surface area contributed by atoms with Crippen LogP contribution in [0, 0.1) is 10.1 Å². The second-order valence-electron chi connectivity index (χ2n) is 4.45. The van der Waals surface area contributed by atoms with Crippen molar-refractivity contribution in [2.24, 2.45) is 0 Å². The van der Waals surface area contributed by atoms with Gasteiger partial charge in [-0.3, -0.25) is 10.1 Å². The van der Waals surface area contributed by atoms with Gasteiger partial charge >= 0.3 is 5.69 Å². The molecule has 1 unspecified atom stereocenters. The molecular formula is C11H14N2O7S. The fourth-order valence-corrected chi connectivity index (χ4v) is 3.46. The van der Waals surface area contributed by atoms with E-state index in [9.17, 15) is 23.6 Å². The van der Waals surface area contributed by atoms with E-state index in [1.807, 2.05) is 0 Å². The molecule has 116 valence electrons. The summed E-state index contributed by atoms with van der Waals surface area (Å²) in [4.78, 5) is 9.62. The van der Waals surface area contributed by atoms with Crippen LogP contribution < -0.4 is 0 Å². The summed E-state index contributed by atoms with van der Waals surface area (Å²) in [6.45, 7) is -0.132. The van der Waals surface area contributed by atoms with Gasteiger partial charge in [0.25, 0.3) is 0 Å². The molecule has 1 aliphatic rings. The number of aliphatic hydroxyl groups is 1. The van der Waals surface area contributed by atoms with Crippen molar-refractivity contribution in [3.63, 3.8) is 0 Å². The first kappa shape index (κ1) is 15.6. The number of rotatable bonds is 4. The molecule has 9 nitrogen and oxygen atoms in total. The van der Waals surface area contributed by atoms with Crippen molar-refractivity contribution in [3.8, 4) is 5.75 Å². The van der Waals surface area contributed by atoms with E-state index in [1.165, 1.54) is 0 Å². The molecule has 0 spiro atoms. The molecule has 21 heavy (non-hydrogen) atoms. The minimum Gasteiger partial charge on any atom is -0.502 e. The molecule has 1 aromatic rings. The van der Waals surface area contributed by atoms with Crippen LogP contribution in [0.2, 0.25) is 0 Å². The number of phenols is 1. The Hall–Kier alpha value is -1.75. The van der Waals surface area contributed by atoms with Gasteiger partial charge in [-0.05, 0) is 12.1 Å². The van der Waals surface area contributed by atoms with E-state index in [0.717, 1.165) is 22.5 Å². The summed E-state index contributed by atoms with van der Waals surface area (Å²) in [6, 6.07) is 2.88. The Morgan fingerprint density at radius 3 is 2.81 bits per heavy atom. The molecule has 2 rings (SSSR count). The van der Waals surface area contributed by atoms with Crippen molar-refractivity contribution in [1.29, 1.82) is 0 Å². The van der Waals surface area contributed by atoms with Crippen molar-refractivity contribution in [3.05, 3.63) is 28.3 Å². The lowest BCUT2D eigenvalue weighted by Gasteiger charge is -2.31. The van der Waals surface area contributed by atoms with Gasteiger partial charge in [-0.2, -0.15) is 4.31 Å². The summed E-state index contributed by atoms with van der Waals surface area (Å²) in [5.74, 6) is -0.603. The Kier molecular flexibility index (Phi) is 4.42. The molecule has 0 aliphatic carbocycles. The zero-order chi connectivity index (χ0) is 15.6. The molecule has 1 saturated heterocycles. The second kappa shape index (κ2) is 5.93. The Balaban J connectivity index is 2.35. The Morgan fingerprint density at radius 1 is 1.48 bits per heavy atom. The van der Waals surface area contributed by atoms with Gasteiger partial charge in [-0.1, -0.05) is 0 Å². The van der Waals surface area contributed by atoms with E-state index in [0.29, 0.717) is 0 Å². The molecule has 0 aromatic heterocycles. The number of phenolic OH excluding ortho intramolecular Hbond substituents is 1. The maximum atomic E-state index is 12.4. The maximum absolute atomic E-state index is 12.4. The number of sulfonamides is 1. The molecular weight excluding hydrogens is 304 g/mol. The molecule has 0 bridgehead atoms. The fourth-order valence-electron chi connectivity index (χ4n) is 1.98. The summed E-state index contributed by atoms with van der Waals surface area (Å²) in [5, 5.41) is 29.1. The third-order valence-corrected chi connectivity index (χ3v) is 4.95. The zero-order valence-corrected chi connectivity index (χ0v) is 11.7. The normalized spacial score (nSPS) is 20.3. The predicted octanol–water partition coefficient (Wildman–Crippen LogP) is -0.318. The van der Waals surface area contributed by atoms with Crippen molar-refractivity contribution in [1.82, 2.24) is 4.31 Å². The summed E-state index contributed by atoms with van der Waals surface area (Å²) < 4.78 is 31.1. The van der Waals surface area contributed by atoms with E-state index in [1.54, 1.807) is 0 Å². The van der Waals surface area contributed by atoms with E-state index in [-0.39, 0.29) is 31.2 Å². The van der Waals surface area contributed by atoms with Crippen LogP contribution in [0.5, 0.6) is 5.75 Å². The number of nitro groups is 1. The molecule has 10 heteroatoms. The molecule has 0 saturated carbocycles. The smallest absolute Gasteiger partial charge is 0.312 e. The second-order valence-corrected chi connectivity index (χ2v) is 6.38. The molecule has 0 radical (unpaired) electrons. The van der Waals surface area contributed by atoms with Crippen molar-refractivity contribution in [2.45, 2.75) is 11.0 Å². The number of aliphatic hydroxyl groups excluding tert-OH is 1. The Labute approximate surface area is 120 Å². The molecule has 0 amide bonds. The van der Waals surface area contributed by atoms with Crippen LogP contribution >= 0.6 is 0 Å². The van der Waals surface area contributed by atoms with E-state index in [4.69, 9.17) is 9.84 Å². The number of benzene rings is 1. The van der Waals surface area contributed by atoms with Gasteiger partial charge in [0.05, 0.1) is 29.1 Å². The van der Waals surface area contributed by atoms with Gasteiger partial charge in [0.2, 0.25) is 10.0 Å². The highest BCUT2D eigenvalue weighted by atomic mass is 32.2. The van der Waals surface area contributed by atoms with Gasteiger partial charge in [0.15, 0.2) is 5.75 Å². The molecule has 1 atom stereocenters. The number of nitrogens with zero attached hydrogens (tertiary/aromatic N) is 2. The quantitative estimate of drug-likeness (QED) is 0.574. The van der Waals surface area contributed by atoms with Crippen molar-refractivity contribution >= 4 is 15.7 Å². The highest BCUT2D eigenvalue weighted by Crippen LogP contribution is 2.30. The molecule has 1 heterocycles. The maximum Gasteiger partial charge on any atom is 0.312 e. The average Bonchev–Trinajstić information content (AvgIpc) is 2.47. The lowest BCUT2D eigenvalue weighted by Crippen LogP contribution is -2.46. The topological polar surface area (TPSA) is 130 Å². The third kappa shape index (κ3) is 3.13. The summed E-state index contributed by atoms with van der Waals surface area (Å²) >= 11 is 0. The van der Waals surface area contributed by atoms with Gasteiger partial charge in [-0.15, -0.1) is 0 Å². The highest BCUT2D eigenvalue weighted by Gasteiger charge is 2.32. The minimum atomic E-state index is -3.95. The predicted molar refractivity (Wildman–Crippen MR) is 70.3 cm³/mol. The zero-order valence-electron chi connectivity index (χ0n) is 10.9. The van der Waals surface area contributed by atoms with Crippen LogP contribution in [0.1, 0.15) is 0 Å². The first-order valence-corrected chi connectivity index (χ1v) is 7.50. The van der Waals surface area contributed by atoms with Crippen LogP contribution in [-0.2, 0) is 14.8 Å². The van der Waals surface area contributed by atoms with Crippen LogP contribution in [0.15, 0.2) is 23.1 Å². The van der Waals surface area contributed by atoms with Gasteiger partial charge < -0.3 is 14.9 Å². The number of ether oxygens (including phenoxy) is 1. The molecule has 1 aromatic carbocycles. The monoisotopic (exact) mass is 318 g/mol. The SMILES string of the molecule is O=[N+]([O-])c1cc(S(=O)(=O)N2CCOC(CO)C2)ccc1O. The van der Waals surface area contributed by atoms with Crippen molar-refractivity contribution < 1.29 is 28.3 Å². The van der Waals surface area contributed by atoms with Gasteiger partial charge in [0, 0.05) is 19.2 Å². The van der Waals surface area contributed by atoms with Gasteiger partial charge in [-0.25, -0.2) is 8.42 Å². The number of hydrogen-bond donors (Lipinski definition) is 2. The number of aromatic hydroxyl groups is 1. The fraction of sp³-hybridized carbons (Fsp3) is 0.455. The lowest BCUT2D eigenvalue weighted by atomic mass is 10.3. The third-order valence-electron chi connectivity index (χ3n) is 3.09. The number of morpholine rings is 1. The number of nitro benzene ring substituents is 1. The first-order chi connectivity index (χ1) is 9.86. The summed E-state index contributed by atoms with van der Waals surface area (Å²) in [5.41, 5.74) is -0.678. The average molecular weight is 318 g/mol. The largest absolute Gasteiger partial charge is 0.502 e. The highest BCUT2D eigenvalue weighted by molar-refractivity contribution is 7.89. The van der Waals surface area contributed by atoms with E-state index >= 15 is 0 Å². The Morgan fingerprint density at radius 2 is 2.19 bits per heavy atom. The molecule has 1 aliphatic heterocycles. The minimum absolute atomic E-state index is 0.0342. The molecule has 2 N–H and O–H groups in total. The van der Waals surface area contributed by atoms with Crippen LogP contribution in [0.25, 0.3) is 0 Å². The van der Waals surface area contributed by atoms with Crippen LogP contribution in [-0.4, -0.2) is 60.3 Å². The standard InChI is InChI=1S/C11H14N2O7S/c14-7-8-6-12(3-4-20-8)21(18,19)9-1-2-11(15)10(5-9)13(16)17/h1-2,5,8,14-15H,3-4,6-7H2.